The highest BCUT2D eigenvalue weighted by atomic mass is 19.2. The Hall–Kier alpha value is -4.88. The molecule has 1 saturated carbocycles. The lowest BCUT2D eigenvalue weighted by molar-refractivity contribution is -0.124. The van der Waals surface area contributed by atoms with E-state index in [-0.39, 0.29) is 48.9 Å². The highest BCUT2D eigenvalue weighted by molar-refractivity contribution is 5.94. The lowest BCUT2D eigenvalue weighted by Crippen LogP contribution is -2.48. The number of aromatic hydroxyl groups is 1. The summed E-state index contributed by atoms with van der Waals surface area (Å²) in [6.45, 7) is 4.40. The molecule has 2 aromatic heterocycles. The summed E-state index contributed by atoms with van der Waals surface area (Å²) in [5, 5.41) is 20.8. The molecule has 5 rings (SSSR count). The molecule has 0 unspecified atom stereocenters. The normalized spacial score (nSPS) is 16.3. The molecule has 0 spiro atoms. The molecule has 2 amide bonds. The van der Waals surface area contributed by atoms with Crippen molar-refractivity contribution in [3.05, 3.63) is 76.9 Å². The number of halogens is 3. The van der Waals surface area contributed by atoms with E-state index < -0.39 is 34.7 Å². The molecule has 0 radical (unpaired) electrons. The molecule has 0 saturated heterocycles. The highest BCUT2D eigenvalue weighted by Gasteiger charge is 2.34. The first-order chi connectivity index (χ1) is 20.0. The predicted octanol–water partition coefficient (Wildman–Crippen LogP) is 3.84. The molecule has 1 aliphatic rings. The number of benzene rings is 2. The summed E-state index contributed by atoms with van der Waals surface area (Å²) in [4.78, 5) is 29.8. The summed E-state index contributed by atoms with van der Waals surface area (Å²) in [6.07, 6.45) is 2.68. The lowest BCUT2D eigenvalue weighted by Gasteiger charge is -2.33. The summed E-state index contributed by atoms with van der Waals surface area (Å²) in [7, 11) is 0. The van der Waals surface area contributed by atoms with E-state index in [9.17, 15) is 27.9 Å². The van der Waals surface area contributed by atoms with E-state index in [0.717, 1.165) is 11.3 Å². The van der Waals surface area contributed by atoms with Gasteiger partial charge < -0.3 is 25.6 Å². The van der Waals surface area contributed by atoms with Crippen LogP contribution in [0, 0.1) is 23.4 Å². The molecule has 14 heteroatoms. The number of hydrogen-bond acceptors (Lipinski definition) is 8. The van der Waals surface area contributed by atoms with Gasteiger partial charge in [-0.05, 0) is 61.7 Å². The second kappa shape index (κ2) is 11.5. The molecule has 0 aliphatic heterocycles. The molecule has 2 aromatic carbocycles. The van der Waals surface area contributed by atoms with Crippen LogP contribution in [0.25, 0.3) is 11.5 Å². The van der Waals surface area contributed by atoms with Crippen LogP contribution in [-0.4, -0.2) is 42.9 Å². The maximum atomic E-state index is 14.5. The van der Waals surface area contributed by atoms with E-state index in [0.29, 0.717) is 24.5 Å². The molecule has 0 atom stereocenters. The van der Waals surface area contributed by atoms with E-state index in [1.54, 1.807) is 40.0 Å². The third kappa shape index (κ3) is 5.78. The molecule has 11 nitrogen and oxygen atoms in total. The maximum absolute atomic E-state index is 14.5. The van der Waals surface area contributed by atoms with Gasteiger partial charge in [0, 0.05) is 36.3 Å². The van der Waals surface area contributed by atoms with E-state index in [4.69, 9.17) is 10.3 Å². The van der Waals surface area contributed by atoms with Crippen LogP contribution in [0.15, 0.2) is 47.1 Å². The van der Waals surface area contributed by atoms with Crippen molar-refractivity contribution < 1.29 is 32.4 Å². The number of amides is 2. The summed E-state index contributed by atoms with van der Waals surface area (Å²) < 4.78 is 49.0. The average molecular weight is 584 g/mol. The van der Waals surface area contributed by atoms with Crippen LogP contribution >= 0.6 is 0 Å². The van der Waals surface area contributed by atoms with Crippen LogP contribution in [0.4, 0.5) is 19.1 Å². The number of phenols is 1. The first kappa shape index (κ1) is 28.6. The zero-order chi connectivity index (χ0) is 30.1. The Morgan fingerprint density at radius 2 is 1.86 bits per heavy atom. The van der Waals surface area contributed by atoms with Crippen LogP contribution in [0.5, 0.6) is 5.75 Å². The number of anilines is 1. The second-order valence-electron chi connectivity index (χ2n) is 10.4. The number of hydrogen-bond donors (Lipinski definition) is 3. The largest absolute Gasteiger partial charge is 0.503 e. The molecule has 0 bridgehead atoms. The van der Waals surface area contributed by atoms with Gasteiger partial charge in [-0.3, -0.25) is 14.3 Å². The van der Waals surface area contributed by atoms with Gasteiger partial charge in [0.2, 0.25) is 11.7 Å². The predicted molar refractivity (Wildman–Crippen MR) is 143 cm³/mol. The number of nitrogens with one attached hydrogen (secondary N) is 1. The quantitative estimate of drug-likeness (QED) is 0.238. The minimum Gasteiger partial charge on any atom is -0.503 e. The summed E-state index contributed by atoms with van der Waals surface area (Å²) >= 11 is 0. The zero-order valence-corrected chi connectivity index (χ0v) is 22.7. The number of nitrogens with zero attached hydrogens (tertiary/aromatic N) is 5. The fraction of sp³-hybridized carbons (Fsp3) is 0.321. The van der Waals surface area contributed by atoms with Crippen LogP contribution in [-0.2, 0) is 17.9 Å². The van der Waals surface area contributed by atoms with Crippen molar-refractivity contribution in [2.75, 3.05) is 4.90 Å². The van der Waals surface area contributed by atoms with Gasteiger partial charge in [0.05, 0.1) is 17.8 Å². The molecule has 1 aliphatic carbocycles. The maximum Gasteiger partial charge on any atom is 0.267 e. The van der Waals surface area contributed by atoms with Gasteiger partial charge in [-0.25, -0.2) is 8.78 Å². The molecule has 220 valence electrons. The Balaban J connectivity index is 1.37. The van der Waals surface area contributed by atoms with Crippen LogP contribution < -0.4 is 16.0 Å². The van der Waals surface area contributed by atoms with Gasteiger partial charge in [0.1, 0.15) is 0 Å². The fourth-order valence-electron chi connectivity index (χ4n) is 4.74. The molecule has 42 heavy (non-hydrogen) atoms. The number of aromatic nitrogens is 4. The second-order valence-corrected chi connectivity index (χ2v) is 10.4. The Morgan fingerprint density at radius 1 is 1.14 bits per heavy atom. The summed E-state index contributed by atoms with van der Waals surface area (Å²) in [6, 6.07) is 9.11. The van der Waals surface area contributed by atoms with Gasteiger partial charge in [-0.1, -0.05) is 12.1 Å². The van der Waals surface area contributed by atoms with Crippen molar-refractivity contribution in [2.45, 2.75) is 51.9 Å². The molecule has 2 heterocycles. The number of phenolic OH excluding ortho intramolecular Hbond substituents is 1. The first-order valence-electron chi connectivity index (χ1n) is 13.2. The Kier molecular flexibility index (Phi) is 7.87. The standard InChI is InChI=1S/C28H28F3N7O4/c1-14(2)38-19(7-8-33-38)13-37(28-35-27(42-36-28)20-11-21(29)23(31)24(39)22(20)30)12-15-3-5-16(6-4-15)26(41)34-18-9-17(10-18)25(32)40/h3-8,11,14,17-18,39H,9-10,12-13H2,1-2H3,(H2,32,40)(H,34,41). The minimum atomic E-state index is -1.72. The number of rotatable bonds is 10. The third-order valence-electron chi connectivity index (χ3n) is 7.12. The molecular weight excluding hydrogens is 555 g/mol. The highest BCUT2D eigenvalue weighted by Crippen LogP contribution is 2.33. The van der Waals surface area contributed by atoms with Gasteiger partial charge in [0.25, 0.3) is 17.7 Å². The average Bonchev–Trinajstić information content (AvgIpc) is 3.61. The lowest BCUT2D eigenvalue weighted by atomic mass is 9.80. The molecular formula is C28H28F3N7O4. The van der Waals surface area contributed by atoms with Gasteiger partial charge in [-0.2, -0.15) is 14.5 Å². The van der Waals surface area contributed by atoms with Crippen LogP contribution in [0.2, 0.25) is 0 Å². The van der Waals surface area contributed by atoms with E-state index in [1.165, 1.54) is 0 Å². The monoisotopic (exact) mass is 583 g/mol. The minimum absolute atomic E-state index is 0.0148. The number of carbonyl (C=O) groups is 2. The topological polar surface area (TPSA) is 152 Å². The van der Waals surface area contributed by atoms with Crippen molar-refractivity contribution in [1.82, 2.24) is 25.2 Å². The third-order valence-corrected chi connectivity index (χ3v) is 7.12. The molecule has 4 aromatic rings. The van der Waals surface area contributed by atoms with Crippen molar-refractivity contribution in [2.24, 2.45) is 11.7 Å². The van der Waals surface area contributed by atoms with Gasteiger partial charge in [-0.15, -0.1) is 0 Å². The van der Waals surface area contributed by atoms with Gasteiger partial charge >= 0.3 is 0 Å². The van der Waals surface area contributed by atoms with Gasteiger partial charge in [0.15, 0.2) is 17.4 Å². The van der Waals surface area contributed by atoms with Crippen molar-refractivity contribution in [3.63, 3.8) is 0 Å². The first-order valence-corrected chi connectivity index (χ1v) is 13.2. The van der Waals surface area contributed by atoms with Crippen molar-refractivity contribution in [1.29, 1.82) is 0 Å². The summed E-state index contributed by atoms with van der Waals surface area (Å²) in [5.41, 5.74) is 6.70. The van der Waals surface area contributed by atoms with Crippen LogP contribution in [0.3, 0.4) is 0 Å². The number of carbonyl (C=O) groups excluding carboxylic acids is 2. The smallest absolute Gasteiger partial charge is 0.267 e. The number of primary amides is 1. The van der Waals surface area contributed by atoms with Crippen molar-refractivity contribution >= 4 is 17.8 Å². The van der Waals surface area contributed by atoms with Crippen LogP contribution in [0.1, 0.15) is 54.3 Å². The van der Waals surface area contributed by atoms with E-state index >= 15 is 0 Å². The van der Waals surface area contributed by atoms with E-state index in [2.05, 4.69) is 20.6 Å². The Labute approximate surface area is 238 Å². The fourth-order valence-corrected chi connectivity index (χ4v) is 4.74. The Bertz CT molecular complexity index is 1610. The molecule has 1 fully saturated rings. The zero-order valence-electron chi connectivity index (χ0n) is 22.7. The SMILES string of the molecule is CC(C)n1nccc1CN(Cc1ccc(C(=O)NC2CC(C(N)=O)C2)cc1)c1noc(-c2cc(F)c(F)c(O)c2F)n1. The number of nitrogens with two attached hydrogens (primary N) is 1. The molecule has 4 N–H and O–H groups in total. The van der Waals surface area contributed by atoms with Crippen molar-refractivity contribution in [3.8, 4) is 17.2 Å². The summed E-state index contributed by atoms with van der Waals surface area (Å²) in [5.74, 6) is -7.42. The van der Waals surface area contributed by atoms with E-state index in [1.807, 2.05) is 19.9 Å². The Morgan fingerprint density at radius 3 is 2.52 bits per heavy atom.